The van der Waals surface area contributed by atoms with E-state index in [4.69, 9.17) is 0 Å². The van der Waals surface area contributed by atoms with Crippen LogP contribution in [0.15, 0.2) is 29.6 Å². The molecule has 2 rings (SSSR count). The van der Waals surface area contributed by atoms with E-state index < -0.39 is 0 Å². The Bertz CT molecular complexity index is 489. The molecule has 2 aromatic rings. The summed E-state index contributed by atoms with van der Waals surface area (Å²) in [5, 5.41) is 13.7. The summed E-state index contributed by atoms with van der Waals surface area (Å²) in [7, 11) is 0. The Kier molecular flexibility index (Phi) is 5.87. The second-order valence-corrected chi connectivity index (χ2v) is 6.23. The number of thiophene rings is 1. The molecule has 0 spiro atoms. The van der Waals surface area contributed by atoms with Crippen molar-refractivity contribution in [2.45, 2.75) is 58.0 Å². The number of rotatable bonds is 8. The third-order valence-corrected chi connectivity index (χ3v) is 4.67. The Labute approximate surface area is 120 Å². The minimum absolute atomic E-state index is 0.181. The van der Waals surface area contributed by atoms with Crippen molar-refractivity contribution in [3.05, 3.63) is 35.2 Å². The molecule has 1 nitrogen and oxygen atoms in total. The second kappa shape index (κ2) is 7.66. The summed E-state index contributed by atoms with van der Waals surface area (Å²) in [6.07, 6.45) is 7.89. The highest BCUT2D eigenvalue weighted by Gasteiger charge is 2.09. The molecule has 0 aliphatic heterocycles. The lowest BCUT2D eigenvalue weighted by atomic mass is 10.0. The van der Waals surface area contributed by atoms with Gasteiger partial charge in [0.15, 0.2) is 0 Å². The topological polar surface area (TPSA) is 20.2 Å². The minimum atomic E-state index is -0.181. The van der Waals surface area contributed by atoms with Crippen LogP contribution in [0.1, 0.15) is 51.0 Å². The number of aliphatic hydroxyl groups excluding tert-OH is 1. The normalized spacial score (nSPS) is 12.9. The molecule has 0 bridgehead atoms. The van der Waals surface area contributed by atoms with Crippen molar-refractivity contribution in [1.82, 2.24) is 0 Å². The predicted octanol–water partition coefficient (Wildman–Crippen LogP) is 5.17. The Morgan fingerprint density at radius 3 is 2.74 bits per heavy atom. The quantitative estimate of drug-likeness (QED) is 0.660. The van der Waals surface area contributed by atoms with E-state index in [1.54, 1.807) is 11.3 Å². The molecule has 0 saturated carbocycles. The zero-order valence-corrected chi connectivity index (χ0v) is 12.6. The number of hydrogen-bond donors (Lipinski definition) is 1. The van der Waals surface area contributed by atoms with E-state index in [-0.39, 0.29) is 6.10 Å². The highest BCUT2D eigenvalue weighted by Crippen LogP contribution is 2.27. The maximum absolute atomic E-state index is 10.1. The first kappa shape index (κ1) is 14.5. The van der Waals surface area contributed by atoms with E-state index in [1.165, 1.54) is 41.3 Å². The number of fused-ring (bicyclic) bond motifs is 1. The third-order valence-electron chi connectivity index (χ3n) is 3.66. The summed E-state index contributed by atoms with van der Waals surface area (Å²) in [6.45, 7) is 2.23. The van der Waals surface area contributed by atoms with E-state index in [1.807, 2.05) is 0 Å². The van der Waals surface area contributed by atoms with Gasteiger partial charge in [-0.05, 0) is 35.2 Å². The van der Waals surface area contributed by atoms with Gasteiger partial charge in [-0.1, -0.05) is 57.2 Å². The monoisotopic (exact) mass is 276 g/mol. The molecule has 1 atom stereocenters. The number of hydrogen-bond acceptors (Lipinski definition) is 2. The Morgan fingerprint density at radius 1 is 1.11 bits per heavy atom. The second-order valence-electron chi connectivity index (χ2n) is 5.32. The van der Waals surface area contributed by atoms with Crippen LogP contribution in [-0.2, 0) is 6.42 Å². The fourth-order valence-electron chi connectivity index (χ4n) is 2.53. The fraction of sp³-hybridized carbons (Fsp3) is 0.529. The number of benzene rings is 1. The maximum atomic E-state index is 10.1. The zero-order valence-electron chi connectivity index (χ0n) is 11.8. The third kappa shape index (κ3) is 4.32. The molecule has 1 heterocycles. The van der Waals surface area contributed by atoms with Crippen LogP contribution in [0.25, 0.3) is 10.1 Å². The van der Waals surface area contributed by atoms with Gasteiger partial charge in [-0.3, -0.25) is 0 Å². The van der Waals surface area contributed by atoms with Crippen LogP contribution < -0.4 is 0 Å². The van der Waals surface area contributed by atoms with Crippen molar-refractivity contribution < 1.29 is 5.11 Å². The summed E-state index contributed by atoms with van der Waals surface area (Å²) in [4.78, 5) is 0. The molecule has 1 aromatic heterocycles. The molecule has 1 aromatic carbocycles. The standard InChI is InChI=1S/C17H24OS/c1-2-3-4-5-6-9-15(18)12-14-13-19-17-11-8-7-10-16(14)17/h7-8,10-11,13,15,18H,2-6,9,12H2,1H3. The van der Waals surface area contributed by atoms with Gasteiger partial charge in [0.05, 0.1) is 6.10 Å². The average molecular weight is 276 g/mol. The van der Waals surface area contributed by atoms with E-state index >= 15 is 0 Å². The van der Waals surface area contributed by atoms with Gasteiger partial charge in [0.1, 0.15) is 0 Å². The number of aliphatic hydroxyl groups is 1. The van der Waals surface area contributed by atoms with Crippen molar-refractivity contribution in [2.75, 3.05) is 0 Å². The molecule has 0 saturated heterocycles. The molecule has 104 valence electrons. The summed E-state index contributed by atoms with van der Waals surface area (Å²) < 4.78 is 1.33. The summed E-state index contributed by atoms with van der Waals surface area (Å²) in [5.74, 6) is 0. The van der Waals surface area contributed by atoms with Gasteiger partial charge in [-0.2, -0.15) is 0 Å². The largest absolute Gasteiger partial charge is 0.393 e. The van der Waals surface area contributed by atoms with E-state index in [0.717, 1.165) is 19.3 Å². The van der Waals surface area contributed by atoms with Crippen molar-refractivity contribution in [3.63, 3.8) is 0 Å². The van der Waals surface area contributed by atoms with Gasteiger partial charge >= 0.3 is 0 Å². The molecule has 1 unspecified atom stereocenters. The van der Waals surface area contributed by atoms with Crippen molar-refractivity contribution >= 4 is 21.4 Å². The van der Waals surface area contributed by atoms with Crippen molar-refractivity contribution in [3.8, 4) is 0 Å². The van der Waals surface area contributed by atoms with Gasteiger partial charge in [0, 0.05) is 4.70 Å². The van der Waals surface area contributed by atoms with Crippen molar-refractivity contribution in [1.29, 1.82) is 0 Å². The van der Waals surface area contributed by atoms with Crippen LogP contribution in [-0.4, -0.2) is 11.2 Å². The Balaban J connectivity index is 1.80. The van der Waals surface area contributed by atoms with E-state index in [9.17, 15) is 5.11 Å². The lowest BCUT2D eigenvalue weighted by Gasteiger charge is -2.09. The van der Waals surface area contributed by atoms with E-state index in [2.05, 4.69) is 36.6 Å². The lowest BCUT2D eigenvalue weighted by molar-refractivity contribution is 0.161. The number of unbranched alkanes of at least 4 members (excludes halogenated alkanes) is 4. The molecule has 0 amide bonds. The smallest absolute Gasteiger partial charge is 0.0581 e. The highest BCUT2D eigenvalue weighted by molar-refractivity contribution is 7.17. The van der Waals surface area contributed by atoms with Crippen LogP contribution in [0.4, 0.5) is 0 Å². The zero-order chi connectivity index (χ0) is 13.5. The minimum Gasteiger partial charge on any atom is -0.393 e. The summed E-state index contributed by atoms with van der Waals surface area (Å²) in [6, 6.07) is 8.47. The van der Waals surface area contributed by atoms with Crippen LogP contribution in [0, 0.1) is 0 Å². The maximum Gasteiger partial charge on any atom is 0.0581 e. The molecule has 0 aliphatic carbocycles. The van der Waals surface area contributed by atoms with Crippen LogP contribution in [0.5, 0.6) is 0 Å². The fourth-order valence-corrected chi connectivity index (χ4v) is 3.51. The summed E-state index contributed by atoms with van der Waals surface area (Å²) >= 11 is 1.78. The first-order valence-corrected chi connectivity index (χ1v) is 8.32. The molecule has 1 N–H and O–H groups in total. The van der Waals surface area contributed by atoms with Gasteiger partial charge in [-0.25, -0.2) is 0 Å². The molecule has 2 heteroatoms. The van der Waals surface area contributed by atoms with Crippen molar-refractivity contribution in [2.24, 2.45) is 0 Å². The van der Waals surface area contributed by atoms with E-state index in [0.29, 0.717) is 0 Å². The van der Waals surface area contributed by atoms with Gasteiger partial charge in [0.25, 0.3) is 0 Å². The molecular weight excluding hydrogens is 252 g/mol. The first-order chi connectivity index (χ1) is 9.31. The molecule has 0 aliphatic rings. The highest BCUT2D eigenvalue weighted by atomic mass is 32.1. The summed E-state index contributed by atoms with van der Waals surface area (Å²) in [5.41, 5.74) is 1.31. The SMILES string of the molecule is CCCCCCCC(O)Cc1csc2ccccc12. The Morgan fingerprint density at radius 2 is 1.89 bits per heavy atom. The van der Waals surface area contributed by atoms with Gasteiger partial charge in [0.2, 0.25) is 0 Å². The molecule has 0 fully saturated rings. The lowest BCUT2D eigenvalue weighted by Crippen LogP contribution is -2.09. The average Bonchev–Trinajstić information content (AvgIpc) is 2.82. The first-order valence-electron chi connectivity index (χ1n) is 7.44. The van der Waals surface area contributed by atoms with Crippen LogP contribution >= 0.6 is 11.3 Å². The van der Waals surface area contributed by atoms with Gasteiger partial charge < -0.3 is 5.11 Å². The van der Waals surface area contributed by atoms with Crippen LogP contribution in [0.3, 0.4) is 0 Å². The molecule has 0 radical (unpaired) electrons. The predicted molar refractivity (Wildman–Crippen MR) is 84.9 cm³/mol. The molecular formula is C17H24OS. The Hall–Kier alpha value is -0.860. The molecule has 19 heavy (non-hydrogen) atoms. The van der Waals surface area contributed by atoms with Crippen LogP contribution in [0.2, 0.25) is 0 Å². The van der Waals surface area contributed by atoms with Gasteiger partial charge in [-0.15, -0.1) is 11.3 Å².